The number of hydrogen-bond acceptors (Lipinski definition) is 9. The lowest BCUT2D eigenvalue weighted by molar-refractivity contribution is -0.384. The van der Waals surface area contributed by atoms with Crippen LogP contribution in [0.15, 0.2) is 82.9 Å². The molecule has 0 atom stereocenters. The van der Waals surface area contributed by atoms with Crippen LogP contribution in [0.5, 0.6) is 11.5 Å². The average Bonchev–Trinajstić information content (AvgIpc) is 3.32. The molecule has 0 bridgehead atoms. The topological polar surface area (TPSA) is 164 Å². The number of anilines is 1. The zero-order valence-corrected chi connectivity index (χ0v) is 20.0. The minimum Gasteiger partial charge on any atom is -0.486 e. The predicted octanol–water partition coefficient (Wildman–Crippen LogP) is 3.31. The van der Waals surface area contributed by atoms with Crippen molar-refractivity contribution in [1.82, 2.24) is 9.78 Å². The Hall–Kier alpha value is -4.75. The summed E-state index contributed by atoms with van der Waals surface area (Å²) >= 11 is 0. The minimum atomic E-state index is -4.11. The van der Waals surface area contributed by atoms with Crippen molar-refractivity contribution in [3.05, 3.63) is 88.6 Å². The van der Waals surface area contributed by atoms with Gasteiger partial charge >= 0.3 is 0 Å². The van der Waals surface area contributed by atoms with Crippen molar-refractivity contribution in [2.24, 2.45) is 10.2 Å². The number of nitro benzene ring substituents is 1. The second-order valence-corrected chi connectivity index (χ2v) is 9.48. The molecule has 2 heterocycles. The molecular formula is C24H20N6O6S. The van der Waals surface area contributed by atoms with Gasteiger partial charge in [0.15, 0.2) is 11.5 Å². The van der Waals surface area contributed by atoms with Gasteiger partial charge in [-0.2, -0.15) is 10.2 Å². The third-order valence-corrected chi connectivity index (χ3v) is 6.37. The molecule has 0 radical (unpaired) electrons. The van der Waals surface area contributed by atoms with Crippen LogP contribution in [0.4, 0.5) is 11.4 Å². The van der Waals surface area contributed by atoms with Gasteiger partial charge in [-0.15, -0.1) is 0 Å². The Labute approximate surface area is 211 Å². The van der Waals surface area contributed by atoms with Gasteiger partial charge in [0.1, 0.15) is 24.6 Å². The molecule has 3 aromatic carbocycles. The molecule has 1 aliphatic heterocycles. The Morgan fingerprint density at radius 3 is 2.54 bits per heavy atom. The first kappa shape index (κ1) is 24.0. The maximum Gasteiger partial charge on any atom is 0.295 e. The SMILES string of the molecule is NS(=O)(=O)c1ccc(NN=Cc2cn(-c3ccccc3)nc2-c2ccc3c(c2)OCCO3)c([N+](=O)[O-])c1. The number of nitrogens with one attached hydrogen (secondary N) is 1. The first-order valence-corrected chi connectivity index (χ1v) is 12.5. The highest BCUT2D eigenvalue weighted by Crippen LogP contribution is 2.35. The van der Waals surface area contributed by atoms with Crippen molar-refractivity contribution in [2.75, 3.05) is 18.6 Å². The zero-order chi connectivity index (χ0) is 26.0. The largest absolute Gasteiger partial charge is 0.486 e. The van der Waals surface area contributed by atoms with Crippen molar-refractivity contribution >= 4 is 27.6 Å². The molecule has 37 heavy (non-hydrogen) atoms. The monoisotopic (exact) mass is 520 g/mol. The number of primary sulfonamides is 1. The number of rotatable bonds is 7. The van der Waals surface area contributed by atoms with Crippen LogP contribution in [0, 0.1) is 10.1 Å². The van der Waals surface area contributed by atoms with Crippen molar-refractivity contribution in [3.63, 3.8) is 0 Å². The quantitative estimate of drug-likeness (QED) is 0.213. The number of aromatic nitrogens is 2. The summed E-state index contributed by atoms with van der Waals surface area (Å²) in [6.45, 7) is 0.916. The third-order valence-electron chi connectivity index (χ3n) is 5.46. The first-order valence-electron chi connectivity index (χ1n) is 10.9. The van der Waals surface area contributed by atoms with Crippen LogP contribution in [0.1, 0.15) is 5.56 Å². The van der Waals surface area contributed by atoms with Gasteiger partial charge in [-0.25, -0.2) is 18.2 Å². The normalized spacial score (nSPS) is 13.0. The number of nitrogens with zero attached hydrogens (tertiary/aromatic N) is 4. The van der Waals surface area contributed by atoms with Crippen LogP contribution in [0.3, 0.4) is 0 Å². The number of ether oxygens (including phenoxy) is 2. The van der Waals surface area contributed by atoms with E-state index < -0.39 is 20.6 Å². The zero-order valence-electron chi connectivity index (χ0n) is 19.1. The number of benzene rings is 3. The fourth-order valence-corrected chi connectivity index (χ4v) is 4.25. The summed E-state index contributed by atoms with van der Waals surface area (Å²) in [7, 11) is -4.11. The number of nitro groups is 1. The number of nitrogens with two attached hydrogens (primary N) is 1. The minimum absolute atomic E-state index is 0.00928. The molecule has 0 amide bonds. The molecule has 0 saturated carbocycles. The van der Waals surface area contributed by atoms with E-state index in [1.807, 2.05) is 42.5 Å². The smallest absolute Gasteiger partial charge is 0.295 e. The highest BCUT2D eigenvalue weighted by atomic mass is 32.2. The Kier molecular flexibility index (Phi) is 6.29. The molecule has 0 fully saturated rings. The molecule has 1 aliphatic rings. The summed E-state index contributed by atoms with van der Waals surface area (Å²) < 4.78 is 36.2. The molecule has 13 heteroatoms. The van der Waals surface area contributed by atoms with E-state index in [0.717, 1.165) is 23.4 Å². The van der Waals surface area contributed by atoms with Gasteiger partial charge < -0.3 is 9.47 Å². The lowest BCUT2D eigenvalue weighted by atomic mass is 10.1. The van der Waals surface area contributed by atoms with Crippen LogP contribution < -0.4 is 20.0 Å². The van der Waals surface area contributed by atoms with Crippen LogP contribution in [0.2, 0.25) is 0 Å². The van der Waals surface area contributed by atoms with Crippen molar-refractivity contribution < 1.29 is 22.8 Å². The summed E-state index contributed by atoms with van der Waals surface area (Å²) in [6, 6.07) is 18.2. The van der Waals surface area contributed by atoms with Gasteiger partial charge in [0, 0.05) is 23.4 Å². The van der Waals surface area contributed by atoms with Gasteiger partial charge in [0.25, 0.3) is 5.69 Å². The fourth-order valence-electron chi connectivity index (χ4n) is 3.72. The molecule has 5 rings (SSSR count). The van der Waals surface area contributed by atoms with Crippen LogP contribution in [-0.4, -0.2) is 42.5 Å². The molecule has 0 spiro atoms. The standard InChI is InChI=1S/C24H20N6O6S/c25-37(33,34)19-7-8-20(21(13-19)30(31)32)27-26-14-17-15-29(18-4-2-1-3-5-18)28-24(17)16-6-9-22-23(12-16)36-11-10-35-22/h1-9,12-15,27H,10-11H2,(H2,25,33,34). The molecule has 0 unspecified atom stereocenters. The number of fused-ring (bicyclic) bond motifs is 1. The first-order chi connectivity index (χ1) is 17.8. The summed E-state index contributed by atoms with van der Waals surface area (Å²) in [4.78, 5) is 10.4. The number of para-hydroxylation sites is 1. The van der Waals surface area contributed by atoms with E-state index in [4.69, 9.17) is 19.7 Å². The van der Waals surface area contributed by atoms with E-state index in [2.05, 4.69) is 10.5 Å². The van der Waals surface area contributed by atoms with E-state index in [-0.39, 0.29) is 10.6 Å². The summed E-state index contributed by atoms with van der Waals surface area (Å²) in [5, 5.41) is 25.5. The summed E-state index contributed by atoms with van der Waals surface area (Å²) in [6.07, 6.45) is 3.24. The lowest BCUT2D eigenvalue weighted by Crippen LogP contribution is -2.15. The van der Waals surface area contributed by atoms with Crippen molar-refractivity contribution in [2.45, 2.75) is 4.90 Å². The lowest BCUT2D eigenvalue weighted by Gasteiger charge is -2.18. The van der Waals surface area contributed by atoms with Crippen molar-refractivity contribution in [3.8, 4) is 28.4 Å². The van der Waals surface area contributed by atoms with Crippen LogP contribution in [0.25, 0.3) is 16.9 Å². The van der Waals surface area contributed by atoms with Crippen molar-refractivity contribution in [1.29, 1.82) is 0 Å². The maximum atomic E-state index is 11.6. The Morgan fingerprint density at radius 2 is 1.81 bits per heavy atom. The molecule has 188 valence electrons. The van der Waals surface area contributed by atoms with E-state index >= 15 is 0 Å². The Balaban J connectivity index is 1.51. The third kappa shape index (κ3) is 5.12. The number of hydrogen-bond donors (Lipinski definition) is 2. The second kappa shape index (κ2) is 9.72. The molecule has 0 aliphatic carbocycles. The second-order valence-electron chi connectivity index (χ2n) is 7.92. The van der Waals surface area contributed by atoms with Gasteiger partial charge in [0.2, 0.25) is 10.0 Å². The van der Waals surface area contributed by atoms with E-state index in [0.29, 0.717) is 36.0 Å². The average molecular weight is 521 g/mol. The van der Waals surface area contributed by atoms with Gasteiger partial charge in [0.05, 0.1) is 21.7 Å². The van der Waals surface area contributed by atoms with E-state index in [1.165, 1.54) is 12.3 Å². The predicted molar refractivity (Wildman–Crippen MR) is 136 cm³/mol. The molecule has 4 aromatic rings. The fraction of sp³-hybridized carbons (Fsp3) is 0.0833. The number of sulfonamides is 1. The number of hydrazone groups is 1. The Bertz CT molecular complexity index is 1620. The summed E-state index contributed by atoms with van der Waals surface area (Å²) in [5.41, 5.74) is 4.88. The molecule has 1 aromatic heterocycles. The van der Waals surface area contributed by atoms with Gasteiger partial charge in [-0.3, -0.25) is 15.5 Å². The van der Waals surface area contributed by atoms with Gasteiger partial charge in [-0.1, -0.05) is 18.2 Å². The highest BCUT2D eigenvalue weighted by molar-refractivity contribution is 7.89. The highest BCUT2D eigenvalue weighted by Gasteiger charge is 2.20. The maximum absolute atomic E-state index is 11.6. The molecule has 12 nitrogen and oxygen atoms in total. The Morgan fingerprint density at radius 1 is 1.05 bits per heavy atom. The molecular weight excluding hydrogens is 500 g/mol. The summed E-state index contributed by atoms with van der Waals surface area (Å²) in [5.74, 6) is 1.24. The van der Waals surface area contributed by atoms with E-state index in [1.54, 1.807) is 16.9 Å². The molecule has 3 N–H and O–H groups in total. The molecule has 0 saturated heterocycles. The van der Waals surface area contributed by atoms with Crippen LogP contribution in [-0.2, 0) is 10.0 Å². The van der Waals surface area contributed by atoms with Gasteiger partial charge in [-0.05, 0) is 42.5 Å². The van der Waals surface area contributed by atoms with E-state index in [9.17, 15) is 18.5 Å². The van der Waals surface area contributed by atoms with Crippen LogP contribution >= 0.6 is 0 Å².